The lowest BCUT2D eigenvalue weighted by Crippen LogP contribution is -2.49. The van der Waals surface area contributed by atoms with E-state index in [1.807, 2.05) is 22.7 Å². The third kappa shape index (κ3) is 3.41. The first-order valence-corrected chi connectivity index (χ1v) is 8.06. The van der Waals surface area contributed by atoms with E-state index >= 15 is 0 Å². The molecule has 0 saturated carbocycles. The summed E-state index contributed by atoms with van der Waals surface area (Å²) < 4.78 is 2.98. The van der Waals surface area contributed by atoms with Crippen LogP contribution in [-0.4, -0.2) is 39.7 Å². The molecule has 1 amide bonds. The fraction of sp³-hybridized carbons (Fsp3) is 0.714. The predicted molar refractivity (Wildman–Crippen MR) is 82.2 cm³/mol. The van der Waals surface area contributed by atoms with Gasteiger partial charge < -0.3 is 10.6 Å². The zero-order valence-electron chi connectivity index (χ0n) is 12.1. The monoisotopic (exact) mass is 342 g/mol. The number of hydrogen-bond donors (Lipinski definition) is 1. The average Bonchev–Trinajstić information content (AvgIpc) is 2.91. The van der Waals surface area contributed by atoms with Gasteiger partial charge >= 0.3 is 0 Å². The lowest BCUT2D eigenvalue weighted by molar-refractivity contribution is -0.135. The summed E-state index contributed by atoms with van der Waals surface area (Å²) in [5.74, 6) is 0.335. The number of hydrogen-bond acceptors (Lipinski definition) is 3. The van der Waals surface area contributed by atoms with Gasteiger partial charge in [0.05, 0.1) is 22.8 Å². The molecule has 1 fully saturated rings. The Morgan fingerprint density at radius 3 is 2.70 bits per heavy atom. The van der Waals surface area contributed by atoms with E-state index in [2.05, 4.69) is 28.0 Å². The maximum atomic E-state index is 12.3. The van der Waals surface area contributed by atoms with Gasteiger partial charge in [-0.25, -0.2) is 0 Å². The van der Waals surface area contributed by atoms with E-state index in [0.717, 1.165) is 36.8 Å². The van der Waals surface area contributed by atoms with Gasteiger partial charge in [-0.2, -0.15) is 5.10 Å². The maximum absolute atomic E-state index is 12.3. The first kappa shape index (κ1) is 15.5. The smallest absolute Gasteiger partial charge is 0.239 e. The van der Waals surface area contributed by atoms with E-state index in [9.17, 15) is 4.79 Å². The largest absolute Gasteiger partial charge is 0.341 e. The van der Waals surface area contributed by atoms with Gasteiger partial charge in [0.15, 0.2) is 0 Å². The minimum absolute atomic E-state index is 0.0967. The van der Waals surface area contributed by atoms with Crippen molar-refractivity contribution < 1.29 is 4.79 Å². The molecule has 0 radical (unpaired) electrons. The molecule has 2 heterocycles. The van der Waals surface area contributed by atoms with Crippen LogP contribution in [0, 0.1) is 5.92 Å². The van der Waals surface area contributed by atoms with Crippen LogP contribution < -0.4 is 5.73 Å². The van der Waals surface area contributed by atoms with Crippen molar-refractivity contribution >= 4 is 21.8 Å². The van der Waals surface area contributed by atoms with Gasteiger partial charge in [-0.05, 0) is 34.7 Å². The Labute approximate surface area is 128 Å². The molecule has 0 bridgehead atoms. The van der Waals surface area contributed by atoms with Crippen LogP contribution in [0.4, 0.5) is 0 Å². The van der Waals surface area contributed by atoms with Crippen molar-refractivity contribution in [2.45, 2.75) is 45.2 Å². The van der Waals surface area contributed by atoms with Crippen molar-refractivity contribution in [3.8, 4) is 0 Å². The number of carbonyl (C=O) groups is 1. The summed E-state index contributed by atoms with van der Waals surface area (Å²) in [6, 6.07) is 0.0144. The number of amides is 1. The van der Waals surface area contributed by atoms with E-state index in [0.29, 0.717) is 6.04 Å². The van der Waals surface area contributed by atoms with Gasteiger partial charge in [0.1, 0.15) is 0 Å². The van der Waals surface area contributed by atoms with E-state index in [1.165, 1.54) is 0 Å². The lowest BCUT2D eigenvalue weighted by Gasteiger charge is -2.34. The summed E-state index contributed by atoms with van der Waals surface area (Å²) in [4.78, 5) is 14.2. The van der Waals surface area contributed by atoms with E-state index in [1.54, 1.807) is 6.20 Å². The molecule has 20 heavy (non-hydrogen) atoms. The summed E-state index contributed by atoms with van der Waals surface area (Å²) in [5.41, 5.74) is 6.04. The minimum Gasteiger partial charge on any atom is -0.341 e. The molecule has 6 heteroatoms. The SMILES string of the molecule is CCC(C)C(N)C(=O)N1CCC(n2cc(Br)cn2)CC1. The molecular formula is C14H23BrN4O. The second kappa shape index (κ2) is 6.72. The van der Waals surface area contributed by atoms with E-state index < -0.39 is 0 Å². The number of rotatable bonds is 4. The second-order valence-electron chi connectivity index (χ2n) is 5.61. The summed E-state index contributed by atoms with van der Waals surface area (Å²) in [6.45, 7) is 5.65. The molecule has 1 aliphatic rings. The molecule has 2 unspecified atom stereocenters. The molecule has 0 aliphatic carbocycles. The topological polar surface area (TPSA) is 64.2 Å². The molecule has 2 N–H and O–H groups in total. The predicted octanol–water partition coefficient (Wildman–Crippen LogP) is 2.18. The molecule has 1 aliphatic heterocycles. The van der Waals surface area contributed by atoms with Gasteiger partial charge in [-0.1, -0.05) is 20.3 Å². The lowest BCUT2D eigenvalue weighted by atomic mass is 9.97. The van der Waals surface area contributed by atoms with Gasteiger partial charge in [0.25, 0.3) is 0 Å². The van der Waals surface area contributed by atoms with E-state index in [-0.39, 0.29) is 17.9 Å². The molecule has 2 rings (SSSR count). The van der Waals surface area contributed by atoms with Crippen LogP contribution in [0.15, 0.2) is 16.9 Å². The summed E-state index contributed by atoms with van der Waals surface area (Å²) in [7, 11) is 0. The van der Waals surface area contributed by atoms with Crippen molar-refractivity contribution in [3.05, 3.63) is 16.9 Å². The molecule has 2 atom stereocenters. The number of aromatic nitrogens is 2. The Balaban J connectivity index is 1.89. The van der Waals surface area contributed by atoms with Crippen LogP contribution in [0.25, 0.3) is 0 Å². The van der Waals surface area contributed by atoms with E-state index in [4.69, 9.17) is 5.73 Å². The number of nitrogens with two attached hydrogens (primary N) is 1. The highest BCUT2D eigenvalue weighted by Gasteiger charge is 2.29. The molecule has 1 aromatic rings. The van der Waals surface area contributed by atoms with Crippen LogP contribution in [0.5, 0.6) is 0 Å². The summed E-state index contributed by atoms with van der Waals surface area (Å²) >= 11 is 3.41. The van der Waals surface area contributed by atoms with Crippen molar-refractivity contribution in [2.24, 2.45) is 11.7 Å². The Morgan fingerprint density at radius 2 is 2.20 bits per heavy atom. The fourth-order valence-corrected chi connectivity index (χ4v) is 2.87. The van der Waals surface area contributed by atoms with Gasteiger partial charge in [0, 0.05) is 19.3 Å². The third-order valence-corrected chi connectivity index (χ3v) is 4.67. The van der Waals surface area contributed by atoms with Crippen LogP contribution in [0.3, 0.4) is 0 Å². The minimum atomic E-state index is -0.365. The van der Waals surface area contributed by atoms with Crippen LogP contribution >= 0.6 is 15.9 Å². The number of piperidine rings is 1. The summed E-state index contributed by atoms with van der Waals surface area (Å²) in [5, 5.41) is 4.33. The maximum Gasteiger partial charge on any atom is 0.239 e. The Morgan fingerprint density at radius 1 is 1.55 bits per heavy atom. The highest BCUT2D eigenvalue weighted by Crippen LogP contribution is 2.24. The van der Waals surface area contributed by atoms with Crippen LogP contribution in [0.2, 0.25) is 0 Å². The number of likely N-dealkylation sites (tertiary alicyclic amines) is 1. The Kier molecular flexibility index (Phi) is 5.21. The van der Waals surface area contributed by atoms with Crippen molar-refractivity contribution in [2.75, 3.05) is 13.1 Å². The Hall–Kier alpha value is -0.880. The quantitative estimate of drug-likeness (QED) is 0.911. The zero-order chi connectivity index (χ0) is 14.7. The number of halogens is 1. The molecule has 1 aromatic heterocycles. The second-order valence-corrected chi connectivity index (χ2v) is 6.52. The van der Waals surface area contributed by atoms with Crippen molar-refractivity contribution in [1.29, 1.82) is 0 Å². The standard InChI is InChI=1S/C14H23BrN4O/c1-3-10(2)13(16)14(20)18-6-4-12(5-7-18)19-9-11(15)8-17-19/h8-10,12-13H,3-7,16H2,1-2H3. The van der Waals surface area contributed by atoms with Gasteiger partial charge in [0.2, 0.25) is 5.91 Å². The van der Waals surface area contributed by atoms with Gasteiger partial charge in [-0.15, -0.1) is 0 Å². The number of nitrogens with zero attached hydrogens (tertiary/aromatic N) is 3. The highest BCUT2D eigenvalue weighted by atomic mass is 79.9. The molecule has 0 aromatic carbocycles. The van der Waals surface area contributed by atoms with Crippen LogP contribution in [-0.2, 0) is 4.79 Å². The van der Waals surface area contributed by atoms with Crippen molar-refractivity contribution in [1.82, 2.24) is 14.7 Å². The molecule has 5 nitrogen and oxygen atoms in total. The molecular weight excluding hydrogens is 320 g/mol. The van der Waals surface area contributed by atoms with Crippen LogP contribution in [0.1, 0.15) is 39.2 Å². The van der Waals surface area contributed by atoms with Crippen molar-refractivity contribution in [3.63, 3.8) is 0 Å². The fourth-order valence-electron chi connectivity index (χ4n) is 2.57. The normalized spacial score (nSPS) is 19.9. The van der Waals surface area contributed by atoms with Gasteiger partial charge in [-0.3, -0.25) is 9.48 Å². The third-order valence-electron chi connectivity index (χ3n) is 4.26. The molecule has 0 spiro atoms. The number of carbonyl (C=O) groups excluding carboxylic acids is 1. The Bertz CT molecular complexity index is 454. The first-order chi connectivity index (χ1) is 9.52. The highest BCUT2D eigenvalue weighted by molar-refractivity contribution is 9.10. The molecule has 112 valence electrons. The average molecular weight is 343 g/mol. The first-order valence-electron chi connectivity index (χ1n) is 7.27. The molecule has 1 saturated heterocycles. The summed E-state index contributed by atoms with van der Waals surface area (Å²) in [6.07, 6.45) is 6.61. The zero-order valence-corrected chi connectivity index (χ0v) is 13.7.